The number of hydrogen-bond donors (Lipinski definition) is 0. The second-order valence-electron chi connectivity index (χ2n) is 12.1. The van der Waals surface area contributed by atoms with Gasteiger partial charge in [-0.1, -0.05) is 96.6 Å². The van der Waals surface area contributed by atoms with Crippen LogP contribution in [0.25, 0.3) is 0 Å². The maximum absolute atomic E-state index is 6.74. The average molecular weight is 469 g/mol. The highest BCUT2D eigenvalue weighted by Crippen LogP contribution is 2.51. The Hall–Kier alpha value is -1.02. The summed E-state index contributed by atoms with van der Waals surface area (Å²) < 4.78 is 13.4. The minimum absolute atomic E-state index is 0.101. The minimum atomic E-state index is -0.101. The van der Waals surface area contributed by atoms with E-state index >= 15 is 0 Å². The van der Waals surface area contributed by atoms with Crippen molar-refractivity contribution in [2.75, 3.05) is 6.61 Å². The Morgan fingerprint density at radius 1 is 0.882 bits per heavy atom. The summed E-state index contributed by atoms with van der Waals surface area (Å²) in [6, 6.07) is 8.86. The van der Waals surface area contributed by atoms with Crippen molar-refractivity contribution in [1.82, 2.24) is 0 Å². The largest absolute Gasteiger partial charge is 0.465 e. The van der Waals surface area contributed by atoms with Gasteiger partial charge in [-0.05, 0) is 79.4 Å². The lowest BCUT2D eigenvalue weighted by molar-refractivity contribution is -0.125. The highest BCUT2D eigenvalue weighted by molar-refractivity contribution is 5.30. The van der Waals surface area contributed by atoms with Gasteiger partial charge in [0.2, 0.25) is 0 Å². The lowest BCUT2D eigenvalue weighted by Gasteiger charge is -2.47. The summed E-state index contributed by atoms with van der Waals surface area (Å²) in [5, 5.41) is 0. The molecule has 3 aliphatic rings. The van der Waals surface area contributed by atoms with Gasteiger partial charge < -0.3 is 9.47 Å². The molecule has 3 fully saturated rings. The number of hydrogen-bond acceptors (Lipinski definition) is 2. The molecule has 0 aromatic heterocycles. The highest BCUT2D eigenvalue weighted by atomic mass is 16.7. The third-order valence-corrected chi connectivity index (χ3v) is 9.76. The van der Waals surface area contributed by atoms with Crippen molar-refractivity contribution in [3.05, 3.63) is 29.8 Å². The van der Waals surface area contributed by atoms with E-state index in [4.69, 9.17) is 9.47 Å². The summed E-state index contributed by atoms with van der Waals surface area (Å²) in [6.07, 6.45) is 24.6. The van der Waals surface area contributed by atoms with Gasteiger partial charge in [0, 0.05) is 6.42 Å². The van der Waals surface area contributed by atoms with Gasteiger partial charge in [0.1, 0.15) is 5.75 Å². The average Bonchev–Trinajstić information content (AvgIpc) is 2.90. The molecular weight excluding hydrogens is 416 g/mol. The topological polar surface area (TPSA) is 18.5 Å². The van der Waals surface area contributed by atoms with Crippen molar-refractivity contribution in [2.24, 2.45) is 17.3 Å². The molecule has 2 nitrogen and oxygen atoms in total. The van der Waals surface area contributed by atoms with Crippen LogP contribution in [-0.2, 0) is 4.74 Å². The summed E-state index contributed by atoms with van der Waals surface area (Å²) in [5.41, 5.74) is 1.82. The van der Waals surface area contributed by atoms with Crippen molar-refractivity contribution in [2.45, 2.75) is 142 Å². The summed E-state index contributed by atoms with van der Waals surface area (Å²) in [6.45, 7) is 5.45. The first-order valence-corrected chi connectivity index (χ1v) is 15.1. The van der Waals surface area contributed by atoms with Crippen LogP contribution in [0.4, 0.5) is 0 Å². The molecular formula is C32H52O2. The molecule has 0 N–H and O–H groups in total. The maximum atomic E-state index is 6.74. The van der Waals surface area contributed by atoms with Gasteiger partial charge >= 0.3 is 0 Å². The predicted octanol–water partition coefficient (Wildman–Crippen LogP) is 9.81. The van der Waals surface area contributed by atoms with E-state index in [2.05, 4.69) is 38.1 Å². The lowest BCUT2D eigenvalue weighted by Crippen LogP contribution is -2.40. The van der Waals surface area contributed by atoms with Crippen molar-refractivity contribution < 1.29 is 9.47 Å². The van der Waals surface area contributed by atoms with Gasteiger partial charge in [-0.3, -0.25) is 0 Å². The second kappa shape index (κ2) is 13.3. The van der Waals surface area contributed by atoms with E-state index in [1.54, 1.807) is 0 Å². The van der Waals surface area contributed by atoms with Gasteiger partial charge in [-0.2, -0.15) is 0 Å². The summed E-state index contributed by atoms with van der Waals surface area (Å²) in [4.78, 5) is 0. The van der Waals surface area contributed by atoms with E-state index in [-0.39, 0.29) is 6.29 Å². The molecule has 1 aromatic rings. The molecule has 0 heterocycles. The van der Waals surface area contributed by atoms with E-state index in [9.17, 15) is 0 Å². The van der Waals surface area contributed by atoms with E-state index < -0.39 is 0 Å². The zero-order valence-electron chi connectivity index (χ0n) is 22.4. The van der Waals surface area contributed by atoms with Gasteiger partial charge in [-0.15, -0.1) is 0 Å². The molecule has 1 aromatic carbocycles. The summed E-state index contributed by atoms with van der Waals surface area (Å²) >= 11 is 0. The van der Waals surface area contributed by atoms with Crippen LogP contribution in [0.3, 0.4) is 0 Å². The molecule has 192 valence electrons. The van der Waals surface area contributed by atoms with Gasteiger partial charge in [0.25, 0.3) is 0 Å². The molecule has 0 saturated heterocycles. The summed E-state index contributed by atoms with van der Waals surface area (Å²) in [7, 11) is 0. The molecule has 2 atom stereocenters. The lowest BCUT2D eigenvalue weighted by atomic mass is 9.60. The minimum Gasteiger partial charge on any atom is -0.465 e. The molecule has 0 aliphatic heterocycles. The molecule has 0 amide bonds. The predicted molar refractivity (Wildman–Crippen MR) is 143 cm³/mol. The summed E-state index contributed by atoms with van der Waals surface area (Å²) in [5.74, 6) is 3.32. The molecule has 3 aliphatic carbocycles. The molecule has 0 bridgehead atoms. The standard InChI is InChI=1S/C32H52O2/c1-3-26(2)28-16-13-19-30(24-28)34-31(33-23-20-27-14-7-4-8-15-27)25-32(21-11-6-12-22-32)29-17-9-5-10-18-29/h13,16,19,24,26-27,29,31H,3-12,14-15,17-18,20-23,25H2,1-2H3. The molecule has 34 heavy (non-hydrogen) atoms. The second-order valence-corrected chi connectivity index (χ2v) is 12.1. The molecule has 4 rings (SSSR count). The third kappa shape index (κ3) is 7.25. The van der Waals surface area contributed by atoms with Crippen molar-refractivity contribution in [1.29, 1.82) is 0 Å². The monoisotopic (exact) mass is 468 g/mol. The van der Waals surface area contributed by atoms with E-state index in [0.29, 0.717) is 11.3 Å². The van der Waals surface area contributed by atoms with Crippen molar-refractivity contribution in [3.63, 3.8) is 0 Å². The van der Waals surface area contributed by atoms with E-state index in [1.165, 1.54) is 108 Å². The molecule has 2 unspecified atom stereocenters. The number of rotatable bonds is 11. The van der Waals surface area contributed by atoms with Crippen molar-refractivity contribution in [3.8, 4) is 5.75 Å². The van der Waals surface area contributed by atoms with Crippen LogP contribution >= 0.6 is 0 Å². The Bertz CT molecular complexity index is 695. The normalized spacial score (nSPS) is 23.9. The maximum Gasteiger partial charge on any atom is 0.200 e. The fourth-order valence-corrected chi connectivity index (χ4v) is 7.34. The van der Waals surface area contributed by atoms with Gasteiger partial charge in [0.15, 0.2) is 6.29 Å². The SMILES string of the molecule is CCC(C)c1cccc(OC(CC2(C3CCCCC3)CCCCC2)OCCC2CCCCC2)c1. The molecule has 0 spiro atoms. The first kappa shape index (κ1) is 26.1. The van der Waals surface area contributed by atoms with Crippen LogP contribution in [0.5, 0.6) is 5.75 Å². The van der Waals surface area contributed by atoms with Crippen LogP contribution in [-0.4, -0.2) is 12.9 Å². The van der Waals surface area contributed by atoms with Crippen molar-refractivity contribution >= 4 is 0 Å². The van der Waals surface area contributed by atoms with E-state index in [1.807, 2.05) is 0 Å². The van der Waals surface area contributed by atoms with Crippen LogP contribution in [0.15, 0.2) is 24.3 Å². The van der Waals surface area contributed by atoms with Gasteiger partial charge in [-0.25, -0.2) is 0 Å². The molecule has 2 heteroatoms. The highest BCUT2D eigenvalue weighted by Gasteiger charge is 2.42. The van der Waals surface area contributed by atoms with Crippen LogP contribution in [0.1, 0.15) is 141 Å². The number of benzene rings is 1. The number of ether oxygens (including phenoxy) is 2. The Labute approximate surface area is 210 Å². The smallest absolute Gasteiger partial charge is 0.200 e. The Morgan fingerprint density at radius 2 is 1.56 bits per heavy atom. The van der Waals surface area contributed by atoms with E-state index in [0.717, 1.165) is 37.0 Å². The van der Waals surface area contributed by atoms with Crippen LogP contribution in [0.2, 0.25) is 0 Å². The molecule has 0 radical (unpaired) electrons. The Balaban J connectivity index is 1.47. The quantitative estimate of drug-likeness (QED) is 0.301. The third-order valence-electron chi connectivity index (χ3n) is 9.76. The van der Waals surface area contributed by atoms with Crippen LogP contribution < -0.4 is 4.74 Å². The Kier molecular flexibility index (Phi) is 10.2. The fraction of sp³-hybridized carbons (Fsp3) is 0.812. The molecule has 3 saturated carbocycles. The van der Waals surface area contributed by atoms with Gasteiger partial charge in [0.05, 0.1) is 6.61 Å². The Morgan fingerprint density at radius 3 is 2.26 bits per heavy atom. The van der Waals surface area contributed by atoms with Crippen LogP contribution in [0, 0.1) is 17.3 Å². The fourth-order valence-electron chi connectivity index (χ4n) is 7.34. The zero-order chi connectivity index (χ0) is 23.6. The zero-order valence-corrected chi connectivity index (χ0v) is 22.4. The first-order chi connectivity index (χ1) is 16.7. The first-order valence-electron chi connectivity index (χ1n) is 15.1.